The number of nitrogens with zero attached hydrogens (tertiary/aromatic N) is 1. The first kappa shape index (κ1) is 18.6. The van der Waals surface area contributed by atoms with Gasteiger partial charge >= 0.3 is 0 Å². The van der Waals surface area contributed by atoms with Gasteiger partial charge in [-0.1, -0.05) is 30.3 Å². The summed E-state index contributed by atoms with van der Waals surface area (Å²) in [5.74, 6) is -0.244. The maximum absolute atomic E-state index is 12.4. The van der Waals surface area contributed by atoms with Gasteiger partial charge in [0.2, 0.25) is 17.7 Å². The van der Waals surface area contributed by atoms with Crippen LogP contribution in [0, 0.1) is 0 Å². The number of carbonyl (C=O) groups excluding carboxylic acids is 3. The molecule has 2 aromatic carbocycles. The van der Waals surface area contributed by atoms with Gasteiger partial charge in [0, 0.05) is 31.3 Å². The topological polar surface area (TPSA) is 78.5 Å². The van der Waals surface area contributed by atoms with Gasteiger partial charge in [0.1, 0.15) is 0 Å². The monoisotopic (exact) mass is 365 g/mol. The summed E-state index contributed by atoms with van der Waals surface area (Å²) in [4.78, 5) is 37.5. The van der Waals surface area contributed by atoms with Crippen LogP contribution in [0.25, 0.3) is 0 Å². The molecule has 27 heavy (non-hydrogen) atoms. The Kier molecular flexibility index (Phi) is 5.86. The molecule has 0 saturated carbocycles. The molecule has 0 spiro atoms. The molecule has 1 heterocycles. The lowest BCUT2D eigenvalue weighted by atomic mass is 10.0. The average molecular weight is 365 g/mol. The summed E-state index contributed by atoms with van der Waals surface area (Å²) in [5.41, 5.74) is 2.38. The maximum Gasteiger partial charge on any atom is 0.227 e. The first-order valence-electron chi connectivity index (χ1n) is 9.05. The Morgan fingerprint density at radius 3 is 2.37 bits per heavy atom. The van der Waals surface area contributed by atoms with Gasteiger partial charge in [0.05, 0.1) is 12.5 Å². The standard InChI is InChI=1S/C21H23N3O3/c1-15(25)22-19(16-6-3-2-4-7-16)14-20(26)23-17-9-11-18(12-10-17)24-13-5-8-21(24)27/h2-4,6-7,9-12,19H,5,8,13-14H2,1H3,(H,22,25)(H,23,26). The van der Waals surface area contributed by atoms with Gasteiger partial charge in [-0.05, 0) is 36.2 Å². The molecule has 0 bridgehead atoms. The van der Waals surface area contributed by atoms with Crippen molar-refractivity contribution in [3.05, 3.63) is 60.2 Å². The molecule has 6 nitrogen and oxygen atoms in total. The number of anilines is 2. The molecule has 6 heteroatoms. The van der Waals surface area contributed by atoms with Gasteiger partial charge in [-0.3, -0.25) is 14.4 Å². The van der Waals surface area contributed by atoms with E-state index in [1.54, 1.807) is 17.0 Å². The Bertz CT molecular complexity index is 818. The number of benzene rings is 2. The second-order valence-corrected chi connectivity index (χ2v) is 6.61. The van der Waals surface area contributed by atoms with Crippen LogP contribution in [0.3, 0.4) is 0 Å². The Morgan fingerprint density at radius 1 is 1.07 bits per heavy atom. The molecule has 1 saturated heterocycles. The third-order valence-electron chi connectivity index (χ3n) is 4.51. The minimum absolute atomic E-state index is 0.132. The third kappa shape index (κ3) is 4.94. The molecular formula is C21H23N3O3. The van der Waals surface area contributed by atoms with E-state index in [1.807, 2.05) is 42.5 Å². The van der Waals surface area contributed by atoms with Crippen molar-refractivity contribution in [2.45, 2.75) is 32.2 Å². The zero-order valence-corrected chi connectivity index (χ0v) is 15.3. The van der Waals surface area contributed by atoms with Crippen molar-refractivity contribution in [2.24, 2.45) is 0 Å². The van der Waals surface area contributed by atoms with Gasteiger partial charge in [-0.15, -0.1) is 0 Å². The largest absolute Gasteiger partial charge is 0.349 e. The summed E-state index contributed by atoms with van der Waals surface area (Å²) in [5, 5.41) is 5.67. The number of nitrogens with one attached hydrogen (secondary N) is 2. The molecule has 3 amide bonds. The number of amides is 3. The lowest BCUT2D eigenvalue weighted by molar-refractivity contribution is -0.120. The van der Waals surface area contributed by atoms with E-state index in [1.165, 1.54) is 6.92 Å². The number of hydrogen-bond acceptors (Lipinski definition) is 3. The zero-order chi connectivity index (χ0) is 19.2. The maximum atomic E-state index is 12.4. The van der Waals surface area contributed by atoms with Crippen LogP contribution >= 0.6 is 0 Å². The SMILES string of the molecule is CC(=O)NC(CC(=O)Nc1ccc(N2CCCC2=O)cc1)c1ccccc1. The summed E-state index contributed by atoms with van der Waals surface area (Å²) in [7, 11) is 0. The lowest BCUT2D eigenvalue weighted by Crippen LogP contribution is -2.29. The lowest BCUT2D eigenvalue weighted by Gasteiger charge is -2.19. The molecule has 0 aliphatic carbocycles. The van der Waals surface area contributed by atoms with E-state index in [-0.39, 0.29) is 30.2 Å². The predicted molar refractivity (Wildman–Crippen MR) is 104 cm³/mol. The molecule has 2 aromatic rings. The van der Waals surface area contributed by atoms with E-state index in [2.05, 4.69) is 10.6 Å². The van der Waals surface area contributed by atoms with Crippen LogP contribution < -0.4 is 15.5 Å². The molecule has 3 rings (SSSR count). The second-order valence-electron chi connectivity index (χ2n) is 6.61. The van der Waals surface area contributed by atoms with Crippen LogP contribution in [0.1, 0.15) is 37.8 Å². The van der Waals surface area contributed by atoms with Crippen molar-refractivity contribution in [3.63, 3.8) is 0 Å². The molecule has 0 aromatic heterocycles. The average Bonchev–Trinajstić information content (AvgIpc) is 3.08. The fourth-order valence-electron chi connectivity index (χ4n) is 3.23. The second kappa shape index (κ2) is 8.49. The van der Waals surface area contributed by atoms with Crippen LogP contribution in [0.15, 0.2) is 54.6 Å². The van der Waals surface area contributed by atoms with Crippen molar-refractivity contribution in [3.8, 4) is 0 Å². The summed E-state index contributed by atoms with van der Waals surface area (Å²) >= 11 is 0. The highest BCUT2D eigenvalue weighted by Crippen LogP contribution is 2.23. The molecule has 1 unspecified atom stereocenters. The minimum atomic E-state index is -0.384. The van der Waals surface area contributed by atoms with E-state index < -0.39 is 0 Å². The summed E-state index contributed by atoms with van der Waals surface area (Å²) in [6.45, 7) is 2.17. The smallest absolute Gasteiger partial charge is 0.227 e. The molecule has 1 atom stereocenters. The number of carbonyl (C=O) groups is 3. The highest BCUT2D eigenvalue weighted by molar-refractivity contribution is 5.96. The van der Waals surface area contributed by atoms with Crippen molar-refractivity contribution in [2.75, 3.05) is 16.8 Å². The van der Waals surface area contributed by atoms with Gasteiger partial charge in [-0.25, -0.2) is 0 Å². The Morgan fingerprint density at radius 2 is 1.78 bits per heavy atom. The van der Waals surface area contributed by atoms with Crippen LogP contribution in [-0.2, 0) is 14.4 Å². The van der Waals surface area contributed by atoms with Crippen LogP contribution in [0.4, 0.5) is 11.4 Å². The van der Waals surface area contributed by atoms with E-state index in [9.17, 15) is 14.4 Å². The Hall–Kier alpha value is -3.15. The number of rotatable bonds is 6. The van der Waals surface area contributed by atoms with E-state index in [0.717, 1.165) is 24.2 Å². The molecule has 0 radical (unpaired) electrons. The summed E-state index contributed by atoms with van der Waals surface area (Å²) in [6, 6.07) is 16.3. The first-order chi connectivity index (χ1) is 13.0. The molecule has 1 aliphatic heterocycles. The van der Waals surface area contributed by atoms with Crippen LogP contribution in [-0.4, -0.2) is 24.3 Å². The fourth-order valence-corrected chi connectivity index (χ4v) is 3.23. The van der Waals surface area contributed by atoms with Gasteiger partial charge in [0.25, 0.3) is 0 Å². The summed E-state index contributed by atoms with van der Waals surface area (Å²) in [6.07, 6.45) is 1.60. The third-order valence-corrected chi connectivity index (χ3v) is 4.51. The normalized spacial score (nSPS) is 14.7. The van der Waals surface area contributed by atoms with Gasteiger partial charge < -0.3 is 15.5 Å². The minimum Gasteiger partial charge on any atom is -0.349 e. The van der Waals surface area contributed by atoms with Crippen molar-refractivity contribution in [1.29, 1.82) is 0 Å². The Labute approximate surface area is 158 Å². The van der Waals surface area contributed by atoms with Crippen molar-refractivity contribution >= 4 is 29.1 Å². The molecular weight excluding hydrogens is 342 g/mol. The van der Waals surface area contributed by atoms with E-state index in [4.69, 9.17) is 0 Å². The van der Waals surface area contributed by atoms with Crippen LogP contribution in [0.5, 0.6) is 0 Å². The molecule has 1 aliphatic rings. The molecule has 2 N–H and O–H groups in total. The first-order valence-corrected chi connectivity index (χ1v) is 9.05. The predicted octanol–water partition coefficient (Wildman–Crippen LogP) is 3.02. The van der Waals surface area contributed by atoms with Gasteiger partial charge in [-0.2, -0.15) is 0 Å². The number of hydrogen-bond donors (Lipinski definition) is 2. The molecule has 140 valence electrons. The van der Waals surface area contributed by atoms with Crippen LogP contribution in [0.2, 0.25) is 0 Å². The van der Waals surface area contributed by atoms with Crippen molar-refractivity contribution in [1.82, 2.24) is 5.32 Å². The fraction of sp³-hybridized carbons (Fsp3) is 0.286. The molecule has 1 fully saturated rings. The zero-order valence-electron chi connectivity index (χ0n) is 15.3. The quantitative estimate of drug-likeness (QED) is 0.826. The Balaban J connectivity index is 1.63. The van der Waals surface area contributed by atoms with Gasteiger partial charge in [0.15, 0.2) is 0 Å². The van der Waals surface area contributed by atoms with E-state index >= 15 is 0 Å². The van der Waals surface area contributed by atoms with Crippen molar-refractivity contribution < 1.29 is 14.4 Å². The highest BCUT2D eigenvalue weighted by atomic mass is 16.2. The highest BCUT2D eigenvalue weighted by Gasteiger charge is 2.21. The summed E-state index contributed by atoms with van der Waals surface area (Å²) < 4.78 is 0. The van der Waals surface area contributed by atoms with E-state index in [0.29, 0.717) is 12.1 Å².